The number of rotatable bonds is 3. The molecule has 0 atom stereocenters. The van der Waals surface area contributed by atoms with Crippen molar-refractivity contribution in [2.45, 2.75) is 31.9 Å². The molecule has 0 saturated carbocycles. The topological polar surface area (TPSA) is 26.3 Å². The molecule has 0 bridgehead atoms. The number of hydrogen-bond acceptors (Lipinski definition) is 2. The Balaban J connectivity index is 5.58. The molecule has 0 N–H and O–H groups in total. The van der Waals surface area contributed by atoms with Gasteiger partial charge in [-0.05, 0) is 19.4 Å². The zero-order chi connectivity index (χ0) is 14.8. The predicted molar refractivity (Wildman–Crippen MR) is 46.3 cm³/mol. The van der Waals surface area contributed by atoms with Crippen molar-refractivity contribution < 1.29 is 40.3 Å². The number of alkyl halides is 7. The number of hydrogen-bond donors (Lipinski definition) is 0. The number of carbonyl (C=O) groups excluding carboxylic acids is 1. The molecule has 0 aliphatic rings. The summed E-state index contributed by atoms with van der Waals surface area (Å²) in [4.78, 5) is 10.8. The Morgan fingerprint density at radius 1 is 1.06 bits per heavy atom. The number of ether oxygens (including phenoxy) is 1. The Hall–Kier alpha value is -1.28. The minimum Gasteiger partial charge on any atom is -0.463 e. The fourth-order valence-electron chi connectivity index (χ4n) is 1.07. The highest BCUT2D eigenvalue weighted by atomic mass is 19.4. The number of halogens is 7. The van der Waals surface area contributed by atoms with Crippen LogP contribution in [0.2, 0.25) is 0 Å². The average Bonchev–Trinajstić information content (AvgIpc) is 2.12. The van der Waals surface area contributed by atoms with Crippen molar-refractivity contribution in [1.82, 2.24) is 0 Å². The van der Waals surface area contributed by atoms with E-state index in [1.807, 2.05) is 0 Å². The van der Waals surface area contributed by atoms with E-state index in [1.54, 1.807) is 0 Å². The highest BCUT2D eigenvalue weighted by Crippen LogP contribution is 2.50. The second-order valence-electron chi connectivity index (χ2n) is 3.23. The van der Waals surface area contributed by atoms with E-state index in [-0.39, 0.29) is 19.6 Å². The van der Waals surface area contributed by atoms with E-state index in [1.165, 1.54) is 6.92 Å². The largest absolute Gasteiger partial charge is 0.463 e. The molecule has 0 fully saturated rings. The Morgan fingerprint density at radius 3 is 1.72 bits per heavy atom. The monoisotopic (exact) mass is 282 g/mol. The first-order valence-electron chi connectivity index (χ1n) is 4.55. The lowest BCUT2D eigenvalue weighted by Crippen LogP contribution is -2.54. The van der Waals surface area contributed by atoms with E-state index in [4.69, 9.17) is 0 Å². The van der Waals surface area contributed by atoms with Gasteiger partial charge in [0.1, 0.15) is 0 Å². The Morgan fingerprint density at radius 2 is 1.44 bits per heavy atom. The summed E-state index contributed by atoms with van der Waals surface area (Å²) in [6.45, 7) is 1.25. The van der Waals surface area contributed by atoms with Crippen molar-refractivity contribution in [2.24, 2.45) is 0 Å². The van der Waals surface area contributed by atoms with Crippen LogP contribution in [0.1, 0.15) is 13.8 Å². The minimum absolute atomic E-state index is 0.162. The lowest BCUT2D eigenvalue weighted by molar-refractivity contribution is -0.326. The molecule has 0 amide bonds. The van der Waals surface area contributed by atoms with Gasteiger partial charge in [0.2, 0.25) is 0 Å². The van der Waals surface area contributed by atoms with Crippen molar-refractivity contribution in [3.63, 3.8) is 0 Å². The van der Waals surface area contributed by atoms with Gasteiger partial charge in [-0.25, -0.2) is 9.18 Å². The molecule has 0 heterocycles. The first-order valence-corrected chi connectivity index (χ1v) is 4.55. The maximum absolute atomic E-state index is 13.3. The summed E-state index contributed by atoms with van der Waals surface area (Å²) in [6.07, 6.45) is -12.6. The van der Waals surface area contributed by atoms with Gasteiger partial charge in [0.05, 0.1) is 6.61 Å². The highest BCUT2D eigenvalue weighted by Gasteiger charge is 2.73. The van der Waals surface area contributed by atoms with E-state index in [9.17, 15) is 35.5 Å². The number of esters is 1. The quantitative estimate of drug-likeness (QED) is 0.451. The van der Waals surface area contributed by atoms with Crippen molar-refractivity contribution in [3.8, 4) is 0 Å². The van der Waals surface area contributed by atoms with Crippen LogP contribution in [0.15, 0.2) is 11.6 Å². The van der Waals surface area contributed by atoms with E-state index in [0.717, 1.165) is 0 Å². The molecule has 0 rings (SSSR count). The standard InChI is InChI=1S/C9H9F7O2/c1-3-18-6(17)4-5(2)7(10,8(11,12)13)9(14,15)16/h4H,3H2,1-2H3. The number of carbonyl (C=O) groups is 1. The van der Waals surface area contributed by atoms with Gasteiger partial charge in [-0.2, -0.15) is 26.3 Å². The lowest BCUT2D eigenvalue weighted by atomic mass is 9.95. The second-order valence-corrected chi connectivity index (χ2v) is 3.23. The van der Waals surface area contributed by atoms with E-state index in [2.05, 4.69) is 4.74 Å². The molecule has 2 nitrogen and oxygen atoms in total. The van der Waals surface area contributed by atoms with Crippen molar-refractivity contribution >= 4 is 5.97 Å². The Labute approximate surface area is 97.4 Å². The zero-order valence-electron chi connectivity index (χ0n) is 9.25. The van der Waals surface area contributed by atoms with E-state index >= 15 is 0 Å². The van der Waals surface area contributed by atoms with Gasteiger partial charge in [0.15, 0.2) is 0 Å². The van der Waals surface area contributed by atoms with Crippen LogP contribution in [0.25, 0.3) is 0 Å². The maximum atomic E-state index is 13.3. The SMILES string of the molecule is CCOC(=O)C=C(C)C(F)(C(F)(F)F)C(F)(F)F. The predicted octanol–water partition coefficient (Wildman–Crippen LogP) is 3.33. The molecule has 0 spiro atoms. The molecule has 106 valence electrons. The van der Waals surface area contributed by atoms with Gasteiger partial charge in [-0.3, -0.25) is 0 Å². The van der Waals surface area contributed by atoms with E-state index in [0.29, 0.717) is 0 Å². The molecular weight excluding hydrogens is 273 g/mol. The first-order chi connectivity index (χ1) is 7.88. The Bertz CT molecular complexity index is 326. The van der Waals surface area contributed by atoms with Crippen molar-refractivity contribution in [3.05, 3.63) is 11.6 Å². The minimum atomic E-state index is -6.22. The normalized spacial score (nSPS) is 14.6. The average molecular weight is 282 g/mol. The van der Waals surface area contributed by atoms with Gasteiger partial charge in [0.25, 0.3) is 0 Å². The molecule has 0 aliphatic heterocycles. The molecular formula is C9H9F7O2. The van der Waals surface area contributed by atoms with Crippen LogP contribution < -0.4 is 0 Å². The zero-order valence-corrected chi connectivity index (χ0v) is 9.25. The third-order valence-electron chi connectivity index (χ3n) is 1.95. The first kappa shape index (κ1) is 16.7. The molecule has 0 aliphatic carbocycles. The fraction of sp³-hybridized carbons (Fsp3) is 0.667. The van der Waals surface area contributed by atoms with Gasteiger partial charge < -0.3 is 4.74 Å². The molecule has 0 radical (unpaired) electrons. The summed E-state index contributed by atoms with van der Waals surface area (Å²) in [6, 6.07) is 0. The lowest BCUT2D eigenvalue weighted by Gasteiger charge is -2.30. The summed E-state index contributed by atoms with van der Waals surface area (Å²) in [5, 5.41) is 0. The molecule has 0 saturated heterocycles. The van der Waals surface area contributed by atoms with Crippen LogP contribution in [-0.4, -0.2) is 30.6 Å². The van der Waals surface area contributed by atoms with Gasteiger partial charge in [0, 0.05) is 6.08 Å². The third-order valence-corrected chi connectivity index (χ3v) is 1.95. The molecule has 0 aromatic rings. The highest BCUT2D eigenvalue weighted by molar-refractivity contribution is 5.83. The molecule has 0 aromatic heterocycles. The smallest absolute Gasteiger partial charge is 0.435 e. The van der Waals surface area contributed by atoms with Crippen LogP contribution in [0.4, 0.5) is 30.7 Å². The molecule has 9 heteroatoms. The summed E-state index contributed by atoms with van der Waals surface area (Å²) in [5.74, 6) is -1.48. The fourth-order valence-corrected chi connectivity index (χ4v) is 1.07. The molecule has 0 aromatic carbocycles. The molecule has 18 heavy (non-hydrogen) atoms. The van der Waals surface area contributed by atoms with Crippen LogP contribution in [0.3, 0.4) is 0 Å². The van der Waals surface area contributed by atoms with E-state index < -0.39 is 29.6 Å². The Kier molecular flexibility index (Phi) is 4.78. The van der Waals surface area contributed by atoms with Gasteiger partial charge in [-0.1, -0.05) is 0 Å². The van der Waals surface area contributed by atoms with Crippen molar-refractivity contribution in [2.75, 3.05) is 6.61 Å². The van der Waals surface area contributed by atoms with Gasteiger partial charge >= 0.3 is 24.0 Å². The third kappa shape index (κ3) is 3.14. The van der Waals surface area contributed by atoms with Gasteiger partial charge in [-0.15, -0.1) is 0 Å². The van der Waals surface area contributed by atoms with Crippen LogP contribution in [0, 0.1) is 0 Å². The van der Waals surface area contributed by atoms with Crippen LogP contribution in [-0.2, 0) is 9.53 Å². The summed E-state index contributed by atoms with van der Waals surface area (Å²) < 4.78 is 90.6. The summed E-state index contributed by atoms with van der Waals surface area (Å²) >= 11 is 0. The second kappa shape index (κ2) is 5.15. The summed E-state index contributed by atoms with van der Waals surface area (Å²) in [5.41, 5.74) is -7.41. The van der Waals surface area contributed by atoms with Crippen LogP contribution >= 0.6 is 0 Å². The summed E-state index contributed by atoms with van der Waals surface area (Å²) in [7, 11) is 0. The molecule has 0 unspecified atom stereocenters. The van der Waals surface area contributed by atoms with Crippen LogP contribution in [0.5, 0.6) is 0 Å². The van der Waals surface area contributed by atoms with Crippen molar-refractivity contribution in [1.29, 1.82) is 0 Å². The number of allylic oxidation sites excluding steroid dienone is 1. The maximum Gasteiger partial charge on any atom is 0.435 e.